The van der Waals surface area contributed by atoms with E-state index in [9.17, 15) is 0 Å². The van der Waals surface area contributed by atoms with Crippen molar-refractivity contribution >= 4 is 15.9 Å². The molecule has 0 heterocycles. The van der Waals surface area contributed by atoms with Crippen molar-refractivity contribution < 1.29 is 0 Å². The van der Waals surface area contributed by atoms with Crippen molar-refractivity contribution in [2.24, 2.45) is 0 Å². The van der Waals surface area contributed by atoms with Crippen LogP contribution in [0, 0.1) is 0 Å². The second-order valence-electron chi connectivity index (χ2n) is 5.75. The van der Waals surface area contributed by atoms with Crippen LogP contribution in [0.3, 0.4) is 0 Å². The molecule has 110 valence electrons. The zero-order valence-corrected chi connectivity index (χ0v) is 14.1. The minimum atomic E-state index is 0.262. The molecule has 0 amide bonds. The van der Waals surface area contributed by atoms with Crippen LogP contribution in [-0.4, -0.2) is 6.54 Å². The lowest BCUT2D eigenvalue weighted by atomic mass is 9.88. The lowest BCUT2D eigenvalue weighted by Crippen LogP contribution is -2.22. The molecule has 1 N–H and O–H groups in total. The van der Waals surface area contributed by atoms with Gasteiger partial charge in [0.05, 0.1) is 6.04 Å². The average molecular weight is 344 g/mol. The first-order valence-corrected chi connectivity index (χ1v) is 8.68. The lowest BCUT2D eigenvalue weighted by Gasteiger charge is -2.23. The highest BCUT2D eigenvalue weighted by molar-refractivity contribution is 9.10. The maximum Gasteiger partial charge on any atom is 0.0587 e. The van der Waals surface area contributed by atoms with Gasteiger partial charge in [-0.25, -0.2) is 0 Å². The Bertz CT molecular complexity index is 621. The van der Waals surface area contributed by atoms with E-state index in [1.54, 1.807) is 11.1 Å². The lowest BCUT2D eigenvalue weighted by molar-refractivity contribution is 0.623. The van der Waals surface area contributed by atoms with Crippen LogP contribution in [0.5, 0.6) is 0 Å². The van der Waals surface area contributed by atoms with Gasteiger partial charge in [0.25, 0.3) is 0 Å². The van der Waals surface area contributed by atoms with Gasteiger partial charge in [-0.1, -0.05) is 59.3 Å². The van der Waals surface area contributed by atoms with E-state index in [1.165, 1.54) is 41.3 Å². The van der Waals surface area contributed by atoms with Gasteiger partial charge in [-0.15, -0.1) is 0 Å². The fraction of sp³-hybridized carbons (Fsp3) is 0.368. The van der Waals surface area contributed by atoms with Crippen molar-refractivity contribution in [2.45, 2.75) is 38.6 Å². The number of hydrogen-bond donors (Lipinski definition) is 1. The third kappa shape index (κ3) is 3.22. The van der Waals surface area contributed by atoms with Gasteiger partial charge in [0, 0.05) is 4.47 Å². The zero-order valence-electron chi connectivity index (χ0n) is 12.5. The summed E-state index contributed by atoms with van der Waals surface area (Å²) in [4.78, 5) is 0. The van der Waals surface area contributed by atoms with Gasteiger partial charge in [0.1, 0.15) is 0 Å². The summed E-state index contributed by atoms with van der Waals surface area (Å²) in [5, 5.41) is 3.63. The van der Waals surface area contributed by atoms with Crippen LogP contribution < -0.4 is 5.32 Å². The summed E-state index contributed by atoms with van der Waals surface area (Å²) in [5.41, 5.74) is 5.79. The predicted molar refractivity (Wildman–Crippen MR) is 92.7 cm³/mol. The molecule has 0 saturated heterocycles. The summed E-state index contributed by atoms with van der Waals surface area (Å²) in [7, 11) is 0. The summed E-state index contributed by atoms with van der Waals surface area (Å²) in [5.74, 6) is 0. The Morgan fingerprint density at radius 3 is 2.57 bits per heavy atom. The van der Waals surface area contributed by atoms with E-state index < -0.39 is 0 Å². The first-order chi connectivity index (χ1) is 10.3. The number of hydrogen-bond acceptors (Lipinski definition) is 1. The van der Waals surface area contributed by atoms with Crippen molar-refractivity contribution in [3.8, 4) is 0 Å². The third-order valence-corrected chi connectivity index (χ3v) is 5.05. The van der Waals surface area contributed by atoms with Crippen LogP contribution >= 0.6 is 15.9 Å². The first-order valence-electron chi connectivity index (χ1n) is 7.89. The van der Waals surface area contributed by atoms with E-state index in [1.807, 2.05) is 0 Å². The fourth-order valence-corrected chi connectivity index (χ4v) is 3.77. The molecule has 1 aliphatic carbocycles. The van der Waals surface area contributed by atoms with Crippen LogP contribution in [0.2, 0.25) is 0 Å². The van der Waals surface area contributed by atoms with Gasteiger partial charge < -0.3 is 5.32 Å². The summed E-state index contributed by atoms with van der Waals surface area (Å²) < 4.78 is 1.17. The van der Waals surface area contributed by atoms with Gasteiger partial charge in [-0.05, 0) is 60.5 Å². The predicted octanol–water partition coefficient (Wildman–Crippen LogP) is 5.03. The van der Waals surface area contributed by atoms with Gasteiger partial charge in [-0.2, -0.15) is 0 Å². The Hall–Kier alpha value is -1.12. The van der Waals surface area contributed by atoms with Crippen LogP contribution in [-0.2, 0) is 12.8 Å². The Labute approximate surface area is 135 Å². The van der Waals surface area contributed by atoms with Crippen molar-refractivity contribution in [2.75, 3.05) is 6.54 Å². The Morgan fingerprint density at radius 1 is 1.05 bits per heavy atom. The number of halogens is 1. The molecule has 0 aromatic heterocycles. The van der Waals surface area contributed by atoms with Crippen molar-refractivity contribution in [1.29, 1.82) is 0 Å². The normalized spacial score (nSPS) is 15.5. The summed E-state index contributed by atoms with van der Waals surface area (Å²) >= 11 is 3.70. The molecule has 0 saturated carbocycles. The number of benzene rings is 2. The second-order valence-corrected chi connectivity index (χ2v) is 6.60. The minimum absolute atomic E-state index is 0.262. The summed E-state index contributed by atoms with van der Waals surface area (Å²) in [6.07, 6.45) is 5.15. The van der Waals surface area contributed by atoms with Gasteiger partial charge in [0.15, 0.2) is 0 Å². The van der Waals surface area contributed by atoms with Crippen molar-refractivity contribution in [3.05, 3.63) is 69.2 Å². The zero-order chi connectivity index (χ0) is 14.7. The third-order valence-electron chi connectivity index (χ3n) is 4.33. The quantitative estimate of drug-likeness (QED) is 0.821. The standard InChI is InChI=1S/C19H22BrN/c1-2-21-19(17-9-5-6-10-18(17)20)16-12-11-14-7-3-4-8-15(14)13-16/h5-6,9-13,19,21H,2-4,7-8H2,1H3. The van der Waals surface area contributed by atoms with Crippen molar-refractivity contribution in [3.63, 3.8) is 0 Å². The van der Waals surface area contributed by atoms with E-state index in [0.29, 0.717) is 0 Å². The molecule has 2 aromatic rings. The monoisotopic (exact) mass is 343 g/mol. The van der Waals surface area contributed by atoms with Gasteiger partial charge >= 0.3 is 0 Å². The molecule has 0 spiro atoms. The van der Waals surface area contributed by atoms with Crippen molar-refractivity contribution in [1.82, 2.24) is 5.32 Å². The second kappa shape index (κ2) is 6.76. The highest BCUT2D eigenvalue weighted by Gasteiger charge is 2.18. The molecule has 21 heavy (non-hydrogen) atoms. The molecule has 0 bridgehead atoms. The molecule has 1 atom stereocenters. The van der Waals surface area contributed by atoms with Gasteiger partial charge in [-0.3, -0.25) is 0 Å². The molecule has 1 nitrogen and oxygen atoms in total. The van der Waals surface area contributed by atoms with Crippen LogP contribution in [0.4, 0.5) is 0 Å². The fourth-order valence-electron chi connectivity index (χ4n) is 3.25. The maximum atomic E-state index is 3.70. The number of rotatable bonds is 4. The molecule has 0 fully saturated rings. The highest BCUT2D eigenvalue weighted by atomic mass is 79.9. The Balaban J connectivity index is 1.99. The highest BCUT2D eigenvalue weighted by Crippen LogP contribution is 2.31. The molecular weight excluding hydrogens is 322 g/mol. The van der Waals surface area contributed by atoms with Crippen LogP contribution in [0.25, 0.3) is 0 Å². The molecule has 0 aliphatic heterocycles. The Morgan fingerprint density at radius 2 is 1.81 bits per heavy atom. The molecule has 2 aromatic carbocycles. The molecular formula is C19H22BrN. The average Bonchev–Trinajstić information content (AvgIpc) is 2.53. The van der Waals surface area contributed by atoms with E-state index in [0.717, 1.165) is 6.54 Å². The minimum Gasteiger partial charge on any atom is -0.306 e. The summed E-state index contributed by atoms with van der Waals surface area (Å²) in [6.45, 7) is 3.13. The number of aryl methyl sites for hydroxylation is 2. The molecule has 1 aliphatic rings. The van der Waals surface area contributed by atoms with Crippen LogP contribution in [0.15, 0.2) is 46.9 Å². The number of nitrogens with one attached hydrogen (secondary N) is 1. The van der Waals surface area contributed by atoms with E-state index in [4.69, 9.17) is 0 Å². The number of fused-ring (bicyclic) bond motifs is 1. The first kappa shape index (κ1) is 14.8. The smallest absolute Gasteiger partial charge is 0.0587 e. The molecule has 2 heteroatoms. The van der Waals surface area contributed by atoms with E-state index >= 15 is 0 Å². The maximum absolute atomic E-state index is 3.70. The topological polar surface area (TPSA) is 12.0 Å². The molecule has 0 radical (unpaired) electrons. The molecule has 3 rings (SSSR count). The van der Waals surface area contributed by atoms with E-state index in [-0.39, 0.29) is 6.04 Å². The summed E-state index contributed by atoms with van der Waals surface area (Å²) in [6, 6.07) is 15.8. The van der Waals surface area contributed by atoms with E-state index in [2.05, 4.69) is 70.6 Å². The van der Waals surface area contributed by atoms with Crippen LogP contribution in [0.1, 0.15) is 48.1 Å². The van der Waals surface area contributed by atoms with Gasteiger partial charge in [0.2, 0.25) is 0 Å². The largest absolute Gasteiger partial charge is 0.306 e. The Kier molecular flexibility index (Phi) is 4.77. The SMILES string of the molecule is CCNC(c1ccc2c(c1)CCCC2)c1ccccc1Br. The molecule has 1 unspecified atom stereocenters.